The minimum atomic E-state index is -0.975. The number of carbonyl (C=O) groups excluding carboxylic acids is 1. The first-order valence-corrected chi connectivity index (χ1v) is 8.84. The molecule has 3 unspecified atom stereocenters. The summed E-state index contributed by atoms with van der Waals surface area (Å²) in [5.74, 6) is 0.107. The van der Waals surface area contributed by atoms with Crippen LogP contribution in [0.15, 0.2) is 0 Å². The summed E-state index contributed by atoms with van der Waals surface area (Å²) in [6, 6.07) is 0. The van der Waals surface area contributed by atoms with Crippen LogP contribution in [0.3, 0.4) is 0 Å². The van der Waals surface area contributed by atoms with Gasteiger partial charge in [0.25, 0.3) is 0 Å². The van der Waals surface area contributed by atoms with E-state index in [1.54, 1.807) is 0 Å². The fourth-order valence-corrected chi connectivity index (χ4v) is 2.70. The number of hydrogen-bond donors (Lipinski definition) is 1. The molecule has 1 N–H and O–H groups in total. The third kappa shape index (κ3) is 9.13. The zero-order valence-corrected chi connectivity index (χ0v) is 14.7. The molecule has 0 saturated heterocycles. The summed E-state index contributed by atoms with van der Waals surface area (Å²) in [7, 11) is 0. The highest BCUT2D eigenvalue weighted by Gasteiger charge is 2.26. The molecule has 0 heterocycles. The topological polar surface area (TPSA) is 46.5 Å². The van der Waals surface area contributed by atoms with Gasteiger partial charge >= 0.3 is 5.97 Å². The highest BCUT2D eigenvalue weighted by molar-refractivity contribution is 5.74. The van der Waals surface area contributed by atoms with Crippen LogP contribution in [0.2, 0.25) is 0 Å². The minimum Gasteiger partial charge on any atom is -0.460 e. The summed E-state index contributed by atoms with van der Waals surface area (Å²) in [6.45, 7) is 10.5. The molecular weight excluding hydrogens is 264 g/mol. The fourth-order valence-electron chi connectivity index (χ4n) is 2.70. The van der Waals surface area contributed by atoms with Crippen molar-refractivity contribution in [3.8, 4) is 0 Å². The summed E-state index contributed by atoms with van der Waals surface area (Å²) in [5.41, 5.74) is 0. The Kier molecular flexibility index (Phi) is 11.7. The molecule has 3 nitrogen and oxygen atoms in total. The van der Waals surface area contributed by atoms with E-state index in [0.717, 1.165) is 51.4 Å². The van der Waals surface area contributed by atoms with Gasteiger partial charge in [-0.15, -0.1) is 0 Å². The molecule has 0 saturated carbocycles. The van der Waals surface area contributed by atoms with Crippen molar-refractivity contribution in [2.75, 3.05) is 0 Å². The molecule has 0 aromatic heterocycles. The molecule has 0 spiro atoms. The minimum absolute atomic E-state index is 0.0189. The van der Waals surface area contributed by atoms with Crippen molar-refractivity contribution < 1.29 is 14.6 Å². The molecule has 0 aliphatic heterocycles. The first kappa shape index (κ1) is 20.4. The maximum atomic E-state index is 12.1. The summed E-state index contributed by atoms with van der Waals surface area (Å²) >= 11 is 0. The van der Waals surface area contributed by atoms with Gasteiger partial charge in [-0.05, 0) is 31.1 Å². The predicted molar refractivity (Wildman–Crippen MR) is 88.2 cm³/mol. The molecular formula is C18H36O3. The van der Waals surface area contributed by atoms with E-state index in [4.69, 9.17) is 4.74 Å². The van der Waals surface area contributed by atoms with E-state index in [0.29, 0.717) is 5.92 Å². The molecule has 0 aliphatic rings. The van der Waals surface area contributed by atoms with Gasteiger partial charge in [-0.25, -0.2) is 4.79 Å². The second-order valence-electron chi connectivity index (χ2n) is 6.51. The first-order chi connectivity index (χ1) is 9.96. The van der Waals surface area contributed by atoms with E-state index in [1.165, 1.54) is 0 Å². The van der Waals surface area contributed by atoms with Gasteiger partial charge in [-0.1, -0.05) is 66.7 Å². The van der Waals surface area contributed by atoms with E-state index >= 15 is 0 Å². The Bertz CT molecular complexity index is 265. The first-order valence-electron chi connectivity index (χ1n) is 8.84. The molecule has 3 heteroatoms. The molecule has 0 radical (unpaired) electrons. The van der Waals surface area contributed by atoms with Crippen molar-refractivity contribution in [3.63, 3.8) is 0 Å². The molecule has 126 valence electrons. The average Bonchev–Trinajstić information content (AvgIpc) is 2.45. The third-order valence-electron chi connectivity index (χ3n) is 4.23. The van der Waals surface area contributed by atoms with Crippen LogP contribution in [0.5, 0.6) is 0 Å². The van der Waals surface area contributed by atoms with E-state index in [-0.39, 0.29) is 12.0 Å². The lowest BCUT2D eigenvalue weighted by molar-refractivity contribution is -0.163. The van der Waals surface area contributed by atoms with Gasteiger partial charge in [0.15, 0.2) is 6.10 Å². The molecule has 0 amide bonds. The van der Waals surface area contributed by atoms with E-state index in [1.807, 2.05) is 13.8 Å². The van der Waals surface area contributed by atoms with Crippen molar-refractivity contribution in [1.29, 1.82) is 0 Å². The zero-order valence-electron chi connectivity index (χ0n) is 14.7. The van der Waals surface area contributed by atoms with Gasteiger partial charge in [-0.3, -0.25) is 0 Å². The number of carbonyl (C=O) groups is 1. The van der Waals surface area contributed by atoms with E-state index in [2.05, 4.69) is 20.8 Å². The lowest BCUT2D eigenvalue weighted by Crippen LogP contribution is -2.33. The number of esters is 1. The molecule has 0 aromatic rings. The average molecular weight is 300 g/mol. The van der Waals surface area contributed by atoms with Crippen LogP contribution in [0.25, 0.3) is 0 Å². The van der Waals surface area contributed by atoms with Gasteiger partial charge in [0.05, 0.1) is 0 Å². The Morgan fingerprint density at radius 3 is 2.24 bits per heavy atom. The number of unbranched alkanes of at least 4 members (excludes halogenated alkanes) is 2. The van der Waals surface area contributed by atoms with E-state index in [9.17, 15) is 9.90 Å². The number of hydrogen-bond acceptors (Lipinski definition) is 3. The van der Waals surface area contributed by atoms with Crippen LogP contribution in [-0.4, -0.2) is 23.3 Å². The number of rotatable bonds is 12. The SMILES string of the molecule is CCCCCC(C)C(O)C(=O)O[C@H](CC)CC(C)CCC. The quantitative estimate of drug-likeness (QED) is 0.419. The standard InChI is InChI=1S/C18H36O3/c1-6-9-10-12-15(5)17(19)18(20)21-16(8-3)13-14(4)11-7-2/h14-17,19H,6-13H2,1-5H3/t14?,15?,16-,17?/m1/s1. The molecule has 21 heavy (non-hydrogen) atoms. The summed E-state index contributed by atoms with van der Waals surface area (Å²) < 4.78 is 5.52. The normalized spacial score (nSPS) is 17.0. The number of aliphatic hydroxyl groups is 1. The maximum absolute atomic E-state index is 12.1. The van der Waals surface area contributed by atoms with Crippen LogP contribution in [0.1, 0.15) is 86.0 Å². The van der Waals surface area contributed by atoms with Gasteiger partial charge < -0.3 is 9.84 Å². The van der Waals surface area contributed by atoms with Crippen molar-refractivity contribution >= 4 is 5.97 Å². The van der Waals surface area contributed by atoms with Crippen molar-refractivity contribution in [3.05, 3.63) is 0 Å². The van der Waals surface area contributed by atoms with Crippen molar-refractivity contribution in [2.24, 2.45) is 11.8 Å². The lowest BCUT2D eigenvalue weighted by Gasteiger charge is -2.23. The van der Waals surface area contributed by atoms with Gasteiger partial charge in [0.2, 0.25) is 0 Å². The van der Waals surface area contributed by atoms with Gasteiger partial charge in [-0.2, -0.15) is 0 Å². The Morgan fingerprint density at radius 1 is 1.05 bits per heavy atom. The largest absolute Gasteiger partial charge is 0.460 e. The molecule has 0 rings (SSSR count). The molecule has 0 aliphatic carbocycles. The second-order valence-corrected chi connectivity index (χ2v) is 6.51. The zero-order chi connectivity index (χ0) is 16.3. The Hall–Kier alpha value is -0.570. The summed E-state index contributed by atoms with van der Waals surface area (Å²) in [4.78, 5) is 12.1. The smallest absolute Gasteiger partial charge is 0.335 e. The van der Waals surface area contributed by atoms with Crippen molar-refractivity contribution in [1.82, 2.24) is 0 Å². The number of aliphatic hydroxyl groups excluding tert-OH is 1. The van der Waals surface area contributed by atoms with Gasteiger partial charge in [0.1, 0.15) is 6.10 Å². The van der Waals surface area contributed by atoms with E-state index < -0.39 is 12.1 Å². The summed E-state index contributed by atoms with van der Waals surface area (Å²) in [5, 5.41) is 10.1. The van der Waals surface area contributed by atoms with Crippen LogP contribution in [0.4, 0.5) is 0 Å². The van der Waals surface area contributed by atoms with Crippen LogP contribution in [0, 0.1) is 11.8 Å². The highest BCUT2D eigenvalue weighted by atomic mass is 16.6. The van der Waals surface area contributed by atoms with Gasteiger partial charge in [0, 0.05) is 0 Å². The third-order valence-corrected chi connectivity index (χ3v) is 4.23. The summed E-state index contributed by atoms with van der Waals surface area (Å²) in [6.07, 6.45) is 7.24. The Labute approximate surface area is 131 Å². The molecule has 0 bridgehead atoms. The monoisotopic (exact) mass is 300 g/mol. The predicted octanol–water partition coefficient (Wildman–Crippen LogP) is 4.71. The number of ether oxygens (including phenoxy) is 1. The lowest BCUT2D eigenvalue weighted by atomic mass is 9.96. The second kappa shape index (κ2) is 12.0. The van der Waals surface area contributed by atoms with Crippen LogP contribution < -0.4 is 0 Å². The Balaban J connectivity index is 4.22. The molecule has 0 aromatic carbocycles. The Morgan fingerprint density at radius 2 is 1.71 bits per heavy atom. The van der Waals surface area contributed by atoms with Crippen LogP contribution >= 0.6 is 0 Å². The fraction of sp³-hybridized carbons (Fsp3) is 0.944. The maximum Gasteiger partial charge on any atom is 0.335 e. The molecule has 0 fully saturated rings. The molecule has 4 atom stereocenters. The highest BCUT2D eigenvalue weighted by Crippen LogP contribution is 2.19. The van der Waals surface area contributed by atoms with Crippen molar-refractivity contribution in [2.45, 2.75) is 98.2 Å². The van der Waals surface area contributed by atoms with Crippen LogP contribution in [-0.2, 0) is 9.53 Å².